The van der Waals surface area contributed by atoms with Crippen molar-refractivity contribution in [2.24, 2.45) is 0 Å². The SMILES string of the molecule is C=C(C)CCC(O)COc1ccc(Cl)cc1. The Balaban J connectivity index is 2.28. The molecule has 0 aliphatic rings. The van der Waals surface area contributed by atoms with E-state index in [-0.39, 0.29) is 0 Å². The van der Waals surface area contributed by atoms with E-state index in [4.69, 9.17) is 16.3 Å². The van der Waals surface area contributed by atoms with Gasteiger partial charge in [0, 0.05) is 5.02 Å². The summed E-state index contributed by atoms with van der Waals surface area (Å²) in [5.74, 6) is 0.721. The summed E-state index contributed by atoms with van der Waals surface area (Å²) in [5, 5.41) is 10.3. The molecule has 0 saturated heterocycles. The predicted octanol–water partition coefficient (Wildman–Crippen LogP) is 3.44. The largest absolute Gasteiger partial charge is 0.491 e. The second-order valence-electron chi connectivity index (χ2n) is 3.91. The first kappa shape index (κ1) is 13.1. The molecule has 0 heterocycles. The van der Waals surface area contributed by atoms with Crippen molar-refractivity contribution in [1.29, 1.82) is 0 Å². The summed E-state index contributed by atoms with van der Waals surface area (Å²) in [6.45, 7) is 6.04. The first-order chi connectivity index (χ1) is 7.58. The lowest BCUT2D eigenvalue weighted by Gasteiger charge is -2.12. The summed E-state index contributed by atoms with van der Waals surface area (Å²) < 4.78 is 5.42. The molecule has 16 heavy (non-hydrogen) atoms. The fourth-order valence-corrected chi connectivity index (χ4v) is 1.35. The number of aliphatic hydroxyl groups is 1. The fourth-order valence-electron chi connectivity index (χ4n) is 1.22. The second kappa shape index (κ2) is 6.56. The van der Waals surface area contributed by atoms with Gasteiger partial charge in [0.15, 0.2) is 0 Å². The molecule has 0 aliphatic heterocycles. The Bertz CT molecular complexity index is 332. The zero-order valence-corrected chi connectivity index (χ0v) is 10.2. The molecule has 0 bridgehead atoms. The summed E-state index contributed by atoms with van der Waals surface area (Å²) in [6, 6.07) is 7.09. The van der Waals surface area contributed by atoms with Crippen LogP contribution >= 0.6 is 11.6 Å². The summed E-state index contributed by atoms with van der Waals surface area (Å²) in [6.07, 6.45) is 1.06. The van der Waals surface area contributed by atoms with Gasteiger partial charge < -0.3 is 9.84 Å². The first-order valence-electron chi connectivity index (χ1n) is 5.28. The van der Waals surface area contributed by atoms with Gasteiger partial charge in [-0.1, -0.05) is 17.2 Å². The molecule has 88 valence electrons. The molecule has 0 saturated carbocycles. The maximum atomic E-state index is 9.62. The average molecular weight is 241 g/mol. The van der Waals surface area contributed by atoms with E-state index < -0.39 is 6.10 Å². The third-order valence-electron chi connectivity index (χ3n) is 2.16. The molecule has 1 rings (SSSR count). The van der Waals surface area contributed by atoms with E-state index in [1.807, 2.05) is 6.92 Å². The highest BCUT2D eigenvalue weighted by Crippen LogP contribution is 2.16. The molecule has 1 aromatic rings. The van der Waals surface area contributed by atoms with Crippen molar-refractivity contribution in [1.82, 2.24) is 0 Å². The van der Waals surface area contributed by atoms with Crippen molar-refractivity contribution in [3.63, 3.8) is 0 Å². The summed E-state index contributed by atoms with van der Waals surface area (Å²) in [5.41, 5.74) is 1.07. The lowest BCUT2D eigenvalue weighted by molar-refractivity contribution is 0.100. The van der Waals surface area contributed by atoms with Gasteiger partial charge in [-0.15, -0.1) is 6.58 Å². The Kier molecular flexibility index (Phi) is 5.36. The van der Waals surface area contributed by atoms with Gasteiger partial charge >= 0.3 is 0 Å². The van der Waals surface area contributed by atoms with Gasteiger partial charge in [-0.3, -0.25) is 0 Å². The Labute approximate surface area is 102 Å². The standard InChI is InChI=1S/C13H17ClO2/c1-10(2)3-6-12(15)9-16-13-7-4-11(14)5-8-13/h4-5,7-8,12,15H,1,3,6,9H2,2H3. The molecule has 1 aromatic carbocycles. The van der Waals surface area contributed by atoms with Gasteiger partial charge in [0.2, 0.25) is 0 Å². The highest BCUT2D eigenvalue weighted by Gasteiger charge is 2.05. The van der Waals surface area contributed by atoms with Crippen LogP contribution in [-0.4, -0.2) is 17.8 Å². The number of allylic oxidation sites excluding steroid dienone is 1. The van der Waals surface area contributed by atoms with Gasteiger partial charge in [-0.05, 0) is 44.0 Å². The van der Waals surface area contributed by atoms with Crippen LogP contribution in [0.15, 0.2) is 36.4 Å². The van der Waals surface area contributed by atoms with Gasteiger partial charge in [-0.25, -0.2) is 0 Å². The average Bonchev–Trinajstić information content (AvgIpc) is 2.25. The number of hydrogen-bond donors (Lipinski definition) is 1. The molecule has 0 amide bonds. The Morgan fingerprint density at radius 1 is 1.44 bits per heavy atom. The quantitative estimate of drug-likeness (QED) is 0.772. The summed E-state index contributed by atoms with van der Waals surface area (Å²) in [4.78, 5) is 0. The number of hydrogen-bond acceptors (Lipinski definition) is 2. The van der Waals surface area contributed by atoms with Crippen molar-refractivity contribution < 1.29 is 9.84 Å². The van der Waals surface area contributed by atoms with Crippen LogP contribution in [0.2, 0.25) is 5.02 Å². The molecule has 2 nitrogen and oxygen atoms in total. The van der Waals surface area contributed by atoms with Gasteiger partial charge in [0.25, 0.3) is 0 Å². The molecule has 3 heteroatoms. The van der Waals surface area contributed by atoms with Crippen molar-refractivity contribution in [3.05, 3.63) is 41.4 Å². The number of aliphatic hydroxyl groups excluding tert-OH is 1. The third kappa shape index (κ3) is 5.19. The molecule has 1 atom stereocenters. The van der Waals surface area contributed by atoms with Crippen molar-refractivity contribution in [2.75, 3.05) is 6.61 Å². The minimum atomic E-state index is -0.452. The van der Waals surface area contributed by atoms with Crippen LogP contribution in [-0.2, 0) is 0 Å². The number of benzene rings is 1. The van der Waals surface area contributed by atoms with E-state index in [2.05, 4.69) is 6.58 Å². The van der Waals surface area contributed by atoms with Crippen molar-refractivity contribution >= 4 is 11.6 Å². The monoisotopic (exact) mass is 240 g/mol. The van der Waals surface area contributed by atoms with E-state index in [1.54, 1.807) is 24.3 Å². The van der Waals surface area contributed by atoms with E-state index >= 15 is 0 Å². The topological polar surface area (TPSA) is 29.5 Å². The van der Waals surface area contributed by atoms with Gasteiger partial charge in [0.1, 0.15) is 12.4 Å². The van der Waals surface area contributed by atoms with Crippen LogP contribution in [0, 0.1) is 0 Å². The van der Waals surface area contributed by atoms with Crippen molar-refractivity contribution in [2.45, 2.75) is 25.9 Å². The Hall–Kier alpha value is -0.990. The van der Waals surface area contributed by atoms with Crippen LogP contribution in [0.1, 0.15) is 19.8 Å². The molecule has 0 aromatic heterocycles. The fraction of sp³-hybridized carbons (Fsp3) is 0.385. The summed E-state index contributed by atoms with van der Waals surface area (Å²) in [7, 11) is 0. The van der Waals surface area contributed by atoms with E-state index in [0.29, 0.717) is 18.1 Å². The lowest BCUT2D eigenvalue weighted by atomic mass is 10.1. The molecule has 0 radical (unpaired) electrons. The predicted molar refractivity (Wildman–Crippen MR) is 67.0 cm³/mol. The smallest absolute Gasteiger partial charge is 0.119 e. The van der Waals surface area contributed by atoms with E-state index in [1.165, 1.54) is 0 Å². The normalized spacial score (nSPS) is 12.2. The highest BCUT2D eigenvalue weighted by molar-refractivity contribution is 6.30. The maximum absolute atomic E-state index is 9.62. The van der Waals surface area contributed by atoms with Crippen molar-refractivity contribution in [3.8, 4) is 5.75 Å². The van der Waals surface area contributed by atoms with Gasteiger partial charge in [0.05, 0.1) is 6.10 Å². The molecular formula is C13H17ClO2. The molecule has 0 aliphatic carbocycles. The van der Waals surface area contributed by atoms with E-state index in [9.17, 15) is 5.11 Å². The number of halogens is 1. The maximum Gasteiger partial charge on any atom is 0.119 e. The molecule has 0 spiro atoms. The molecule has 1 unspecified atom stereocenters. The second-order valence-corrected chi connectivity index (χ2v) is 4.35. The Morgan fingerprint density at radius 3 is 2.62 bits per heavy atom. The van der Waals surface area contributed by atoms with Crippen LogP contribution in [0.4, 0.5) is 0 Å². The molecule has 0 fully saturated rings. The minimum absolute atomic E-state index is 0.301. The minimum Gasteiger partial charge on any atom is -0.491 e. The zero-order valence-electron chi connectivity index (χ0n) is 9.45. The molecular weight excluding hydrogens is 224 g/mol. The zero-order chi connectivity index (χ0) is 12.0. The van der Waals surface area contributed by atoms with E-state index in [0.717, 1.165) is 17.7 Å². The first-order valence-corrected chi connectivity index (χ1v) is 5.66. The molecule has 1 N–H and O–H groups in total. The van der Waals surface area contributed by atoms with Crippen LogP contribution in [0.5, 0.6) is 5.75 Å². The number of ether oxygens (including phenoxy) is 1. The number of rotatable bonds is 6. The van der Waals surface area contributed by atoms with Crippen LogP contribution in [0.3, 0.4) is 0 Å². The van der Waals surface area contributed by atoms with Crippen LogP contribution < -0.4 is 4.74 Å². The van der Waals surface area contributed by atoms with Crippen LogP contribution in [0.25, 0.3) is 0 Å². The third-order valence-corrected chi connectivity index (χ3v) is 2.41. The Morgan fingerprint density at radius 2 is 2.06 bits per heavy atom. The lowest BCUT2D eigenvalue weighted by Crippen LogP contribution is -2.17. The highest BCUT2D eigenvalue weighted by atomic mass is 35.5. The summed E-state index contributed by atoms with van der Waals surface area (Å²) >= 11 is 5.74. The van der Waals surface area contributed by atoms with Gasteiger partial charge in [-0.2, -0.15) is 0 Å².